The van der Waals surface area contributed by atoms with Crippen molar-refractivity contribution in [2.45, 2.75) is 20.0 Å². The number of anilines is 1. The molecule has 0 saturated heterocycles. The second-order valence-electron chi connectivity index (χ2n) is 4.99. The third-order valence-corrected chi connectivity index (χ3v) is 3.71. The van der Waals surface area contributed by atoms with Crippen molar-refractivity contribution < 1.29 is 0 Å². The van der Waals surface area contributed by atoms with Crippen LogP contribution < -0.4 is 10.2 Å². The van der Waals surface area contributed by atoms with Gasteiger partial charge >= 0.3 is 0 Å². The quantitative estimate of drug-likeness (QED) is 0.917. The number of rotatable bonds is 5. The Kier molecular flexibility index (Phi) is 4.62. The lowest BCUT2D eigenvalue weighted by molar-refractivity contribution is 0.652. The van der Waals surface area contributed by atoms with Crippen LogP contribution in [0.2, 0.25) is 5.02 Å². The Morgan fingerprint density at radius 1 is 1.35 bits per heavy atom. The molecule has 20 heavy (non-hydrogen) atoms. The summed E-state index contributed by atoms with van der Waals surface area (Å²) in [6.45, 7) is 3.38. The van der Waals surface area contributed by atoms with Crippen molar-refractivity contribution in [2.75, 3.05) is 19.0 Å². The monoisotopic (exact) mass is 293 g/mol. The van der Waals surface area contributed by atoms with Gasteiger partial charge in [-0.05, 0) is 24.6 Å². The first kappa shape index (κ1) is 14.8. The molecule has 0 unspecified atom stereocenters. The van der Waals surface area contributed by atoms with Crippen LogP contribution in [-0.4, -0.2) is 28.9 Å². The molecule has 0 aromatic carbocycles. The second kappa shape index (κ2) is 6.24. The Morgan fingerprint density at radius 3 is 2.70 bits per heavy atom. The molecule has 0 atom stereocenters. The van der Waals surface area contributed by atoms with E-state index in [1.807, 2.05) is 45.2 Å². The zero-order valence-corrected chi connectivity index (χ0v) is 13.1. The van der Waals surface area contributed by atoms with E-state index in [1.54, 1.807) is 4.68 Å². The van der Waals surface area contributed by atoms with E-state index in [9.17, 15) is 0 Å². The van der Waals surface area contributed by atoms with Crippen LogP contribution in [0.25, 0.3) is 0 Å². The van der Waals surface area contributed by atoms with Gasteiger partial charge in [0.05, 0.1) is 16.4 Å². The normalized spacial score (nSPS) is 10.8. The van der Waals surface area contributed by atoms with Gasteiger partial charge in [-0.1, -0.05) is 11.6 Å². The molecule has 0 fully saturated rings. The maximum absolute atomic E-state index is 6.22. The van der Waals surface area contributed by atoms with Crippen LogP contribution in [0.5, 0.6) is 0 Å². The molecule has 2 heterocycles. The Hall–Kier alpha value is -1.59. The average Bonchev–Trinajstić information content (AvgIpc) is 2.67. The third-order valence-electron chi connectivity index (χ3n) is 3.22. The Bertz CT molecular complexity index is 591. The van der Waals surface area contributed by atoms with Crippen molar-refractivity contribution in [3.05, 3.63) is 40.3 Å². The van der Waals surface area contributed by atoms with E-state index in [0.717, 1.165) is 28.8 Å². The van der Waals surface area contributed by atoms with Gasteiger partial charge in [-0.2, -0.15) is 5.10 Å². The summed E-state index contributed by atoms with van der Waals surface area (Å²) in [6, 6.07) is 4.07. The molecule has 0 aliphatic heterocycles. The number of nitrogens with zero attached hydrogens (tertiary/aromatic N) is 4. The molecule has 2 rings (SSSR count). The third kappa shape index (κ3) is 3.29. The minimum atomic E-state index is 0.653. The fourth-order valence-electron chi connectivity index (χ4n) is 1.90. The minimum Gasteiger partial charge on any atom is -0.363 e. The van der Waals surface area contributed by atoms with Crippen molar-refractivity contribution in [1.82, 2.24) is 20.1 Å². The summed E-state index contributed by atoms with van der Waals surface area (Å²) in [7, 11) is 5.86. The van der Waals surface area contributed by atoms with Crippen LogP contribution in [0.1, 0.15) is 17.0 Å². The number of aryl methyl sites for hydroxylation is 1. The summed E-state index contributed by atoms with van der Waals surface area (Å²) in [5.41, 5.74) is 3.06. The molecule has 0 radical (unpaired) electrons. The zero-order chi connectivity index (χ0) is 14.7. The van der Waals surface area contributed by atoms with E-state index in [-0.39, 0.29) is 0 Å². The first-order valence-corrected chi connectivity index (χ1v) is 6.87. The number of pyridine rings is 1. The van der Waals surface area contributed by atoms with Crippen LogP contribution in [0, 0.1) is 6.92 Å². The van der Waals surface area contributed by atoms with Crippen molar-refractivity contribution >= 4 is 17.4 Å². The summed E-state index contributed by atoms with van der Waals surface area (Å²) >= 11 is 6.22. The molecular formula is C14H20ClN5. The fourth-order valence-corrected chi connectivity index (χ4v) is 2.13. The predicted molar refractivity (Wildman–Crippen MR) is 82.1 cm³/mol. The number of halogens is 1. The second-order valence-corrected chi connectivity index (χ2v) is 5.37. The summed E-state index contributed by atoms with van der Waals surface area (Å²) in [5.74, 6) is 0.955. The summed E-state index contributed by atoms with van der Waals surface area (Å²) < 4.78 is 1.80. The highest BCUT2D eigenvalue weighted by Gasteiger charge is 2.09. The van der Waals surface area contributed by atoms with Gasteiger partial charge in [0.1, 0.15) is 5.82 Å². The van der Waals surface area contributed by atoms with E-state index in [2.05, 4.69) is 21.5 Å². The maximum atomic E-state index is 6.22. The molecule has 108 valence electrons. The number of nitrogens with one attached hydrogen (secondary N) is 1. The number of hydrogen-bond acceptors (Lipinski definition) is 4. The Morgan fingerprint density at radius 2 is 2.10 bits per heavy atom. The molecule has 6 heteroatoms. The molecule has 0 amide bonds. The first-order chi connectivity index (χ1) is 9.49. The van der Waals surface area contributed by atoms with Gasteiger partial charge in [-0.3, -0.25) is 4.68 Å². The van der Waals surface area contributed by atoms with Gasteiger partial charge in [-0.15, -0.1) is 0 Å². The summed E-state index contributed by atoms with van der Waals surface area (Å²) in [5, 5.41) is 8.49. The molecule has 1 N–H and O–H groups in total. The molecule has 2 aromatic heterocycles. The summed E-state index contributed by atoms with van der Waals surface area (Å²) in [6.07, 6.45) is 1.82. The topological polar surface area (TPSA) is 46.0 Å². The van der Waals surface area contributed by atoms with E-state index in [0.29, 0.717) is 6.54 Å². The number of aromatic nitrogens is 3. The van der Waals surface area contributed by atoms with E-state index >= 15 is 0 Å². The van der Waals surface area contributed by atoms with Crippen molar-refractivity contribution in [3.8, 4) is 0 Å². The van der Waals surface area contributed by atoms with Crippen LogP contribution in [0.4, 0.5) is 5.82 Å². The molecule has 0 aliphatic carbocycles. The Balaban J connectivity index is 1.96. The lowest BCUT2D eigenvalue weighted by Crippen LogP contribution is -2.15. The maximum Gasteiger partial charge on any atom is 0.128 e. The predicted octanol–water partition coefficient (Wildman–Crippen LogP) is 2.13. The van der Waals surface area contributed by atoms with Crippen LogP contribution in [-0.2, 0) is 20.1 Å². The van der Waals surface area contributed by atoms with Gasteiger partial charge < -0.3 is 10.2 Å². The summed E-state index contributed by atoms with van der Waals surface area (Å²) in [4.78, 5) is 6.28. The van der Waals surface area contributed by atoms with E-state index in [4.69, 9.17) is 11.6 Å². The average molecular weight is 294 g/mol. The molecule has 2 aromatic rings. The van der Waals surface area contributed by atoms with Gasteiger partial charge in [-0.25, -0.2) is 4.98 Å². The molecular weight excluding hydrogens is 274 g/mol. The molecule has 0 aliphatic rings. The molecule has 0 bridgehead atoms. The lowest BCUT2D eigenvalue weighted by atomic mass is 10.2. The van der Waals surface area contributed by atoms with Gasteiger partial charge in [0.25, 0.3) is 0 Å². The van der Waals surface area contributed by atoms with E-state index in [1.165, 1.54) is 5.56 Å². The highest BCUT2D eigenvalue weighted by molar-refractivity contribution is 6.31. The standard InChI is InChI=1S/C14H20ClN5/c1-10-14(15)12(18-20(10)4)9-16-8-11-5-6-17-13(7-11)19(2)3/h5-7,16H,8-9H2,1-4H3. The largest absolute Gasteiger partial charge is 0.363 e. The highest BCUT2D eigenvalue weighted by Crippen LogP contribution is 2.19. The van der Waals surface area contributed by atoms with Gasteiger partial charge in [0.15, 0.2) is 0 Å². The smallest absolute Gasteiger partial charge is 0.128 e. The number of hydrogen-bond donors (Lipinski definition) is 1. The SMILES string of the molecule is Cc1c(Cl)c(CNCc2ccnc(N(C)C)c2)nn1C. The van der Waals surface area contributed by atoms with Crippen LogP contribution in [0.3, 0.4) is 0 Å². The van der Waals surface area contributed by atoms with Gasteiger partial charge in [0, 0.05) is 40.4 Å². The zero-order valence-electron chi connectivity index (χ0n) is 12.3. The van der Waals surface area contributed by atoms with E-state index < -0.39 is 0 Å². The fraction of sp³-hybridized carbons (Fsp3) is 0.429. The van der Waals surface area contributed by atoms with Crippen molar-refractivity contribution in [1.29, 1.82) is 0 Å². The van der Waals surface area contributed by atoms with Gasteiger partial charge in [0.2, 0.25) is 0 Å². The van der Waals surface area contributed by atoms with Crippen molar-refractivity contribution in [3.63, 3.8) is 0 Å². The van der Waals surface area contributed by atoms with Crippen LogP contribution in [0.15, 0.2) is 18.3 Å². The molecule has 0 saturated carbocycles. The molecule has 0 spiro atoms. The minimum absolute atomic E-state index is 0.653. The first-order valence-electron chi connectivity index (χ1n) is 6.50. The highest BCUT2D eigenvalue weighted by atomic mass is 35.5. The Labute approximate surface area is 124 Å². The van der Waals surface area contributed by atoms with Crippen molar-refractivity contribution in [2.24, 2.45) is 7.05 Å². The lowest BCUT2D eigenvalue weighted by Gasteiger charge is -2.12. The van der Waals surface area contributed by atoms with Crippen LogP contribution >= 0.6 is 11.6 Å². The molecule has 5 nitrogen and oxygen atoms in total.